The van der Waals surface area contributed by atoms with E-state index in [2.05, 4.69) is 22.4 Å². The molecule has 1 atom stereocenters. The van der Waals surface area contributed by atoms with Crippen LogP contribution in [-0.2, 0) is 0 Å². The molecule has 0 saturated carbocycles. The molecular formula is C12H16N2S. The van der Waals surface area contributed by atoms with Crippen molar-refractivity contribution in [2.24, 2.45) is 0 Å². The summed E-state index contributed by atoms with van der Waals surface area (Å²) in [6.45, 7) is 3.25. The van der Waals surface area contributed by atoms with Gasteiger partial charge in [-0.05, 0) is 37.4 Å². The van der Waals surface area contributed by atoms with Crippen LogP contribution in [0.5, 0.6) is 0 Å². The molecule has 1 aromatic heterocycles. The summed E-state index contributed by atoms with van der Waals surface area (Å²) in [5.41, 5.74) is 0. The monoisotopic (exact) mass is 220 g/mol. The first-order chi connectivity index (χ1) is 7.40. The lowest BCUT2D eigenvalue weighted by Crippen LogP contribution is -2.33. The van der Waals surface area contributed by atoms with Gasteiger partial charge in [0.05, 0.1) is 12.0 Å². The van der Waals surface area contributed by atoms with Crippen LogP contribution in [0, 0.1) is 11.3 Å². The molecule has 0 bridgehead atoms. The van der Waals surface area contributed by atoms with Crippen molar-refractivity contribution < 1.29 is 0 Å². The Kier molecular flexibility index (Phi) is 3.76. The average Bonchev–Trinajstić information content (AvgIpc) is 2.81. The first-order valence-corrected chi connectivity index (χ1v) is 6.43. The Hall–Kier alpha value is -0.850. The maximum atomic E-state index is 9.16. The second-order valence-corrected chi connectivity index (χ2v) is 5.04. The van der Waals surface area contributed by atoms with E-state index in [1.54, 1.807) is 11.3 Å². The van der Waals surface area contributed by atoms with E-state index in [0.717, 1.165) is 6.54 Å². The number of piperidine rings is 1. The lowest BCUT2D eigenvalue weighted by atomic mass is 10.1. The summed E-state index contributed by atoms with van der Waals surface area (Å²) in [5.74, 6) is 0.0723. The minimum Gasteiger partial charge on any atom is -0.302 e. The quantitative estimate of drug-likeness (QED) is 0.783. The topological polar surface area (TPSA) is 27.0 Å². The molecule has 1 unspecified atom stereocenters. The van der Waals surface area contributed by atoms with E-state index in [1.807, 2.05) is 6.07 Å². The van der Waals surface area contributed by atoms with Crippen LogP contribution < -0.4 is 0 Å². The molecule has 2 heterocycles. The van der Waals surface area contributed by atoms with Gasteiger partial charge in [0.15, 0.2) is 0 Å². The zero-order valence-electron chi connectivity index (χ0n) is 8.85. The fourth-order valence-corrected chi connectivity index (χ4v) is 2.85. The maximum Gasteiger partial charge on any atom is 0.0932 e. The Bertz CT molecular complexity index is 320. The van der Waals surface area contributed by atoms with Crippen LogP contribution in [0.2, 0.25) is 0 Å². The van der Waals surface area contributed by atoms with E-state index in [9.17, 15) is 0 Å². The Labute approximate surface area is 95.1 Å². The molecule has 3 heteroatoms. The Morgan fingerprint density at radius 2 is 2.20 bits per heavy atom. The van der Waals surface area contributed by atoms with E-state index in [4.69, 9.17) is 5.26 Å². The van der Waals surface area contributed by atoms with Gasteiger partial charge in [0.2, 0.25) is 0 Å². The number of likely N-dealkylation sites (tertiary alicyclic amines) is 1. The van der Waals surface area contributed by atoms with Crippen molar-refractivity contribution in [1.82, 2.24) is 4.90 Å². The van der Waals surface area contributed by atoms with Gasteiger partial charge < -0.3 is 4.90 Å². The SMILES string of the molecule is N#CC(CN1CCCCC1)c1cccs1. The lowest BCUT2D eigenvalue weighted by Gasteiger charge is -2.27. The van der Waals surface area contributed by atoms with E-state index in [1.165, 1.54) is 37.2 Å². The van der Waals surface area contributed by atoms with E-state index < -0.39 is 0 Å². The minimum absolute atomic E-state index is 0.0723. The highest BCUT2D eigenvalue weighted by molar-refractivity contribution is 7.10. The molecule has 2 rings (SSSR count). The molecule has 0 aliphatic carbocycles. The molecule has 1 aliphatic heterocycles. The normalized spacial score (nSPS) is 19.7. The van der Waals surface area contributed by atoms with E-state index in [0.29, 0.717) is 0 Å². The number of nitrogens with zero attached hydrogens (tertiary/aromatic N) is 2. The molecule has 1 saturated heterocycles. The molecule has 0 N–H and O–H groups in total. The Balaban J connectivity index is 1.94. The molecule has 0 aromatic carbocycles. The van der Waals surface area contributed by atoms with Crippen LogP contribution in [0.3, 0.4) is 0 Å². The molecule has 0 spiro atoms. The summed E-state index contributed by atoms with van der Waals surface area (Å²) in [7, 11) is 0. The second-order valence-electron chi connectivity index (χ2n) is 4.06. The number of hydrogen-bond donors (Lipinski definition) is 0. The van der Waals surface area contributed by atoms with Gasteiger partial charge in [-0.2, -0.15) is 5.26 Å². The van der Waals surface area contributed by atoms with E-state index >= 15 is 0 Å². The molecule has 1 fully saturated rings. The summed E-state index contributed by atoms with van der Waals surface area (Å²) < 4.78 is 0. The predicted octanol–water partition coefficient (Wildman–Crippen LogP) is 2.84. The average molecular weight is 220 g/mol. The van der Waals surface area contributed by atoms with Crippen molar-refractivity contribution in [3.8, 4) is 6.07 Å². The molecular weight excluding hydrogens is 204 g/mol. The molecule has 2 nitrogen and oxygen atoms in total. The van der Waals surface area contributed by atoms with Crippen LogP contribution in [0.4, 0.5) is 0 Å². The van der Waals surface area contributed by atoms with Gasteiger partial charge in [0, 0.05) is 11.4 Å². The number of nitriles is 1. The van der Waals surface area contributed by atoms with Crippen molar-refractivity contribution >= 4 is 11.3 Å². The zero-order valence-corrected chi connectivity index (χ0v) is 9.67. The van der Waals surface area contributed by atoms with Crippen molar-refractivity contribution in [2.75, 3.05) is 19.6 Å². The van der Waals surface area contributed by atoms with Gasteiger partial charge in [0.1, 0.15) is 0 Å². The molecule has 0 amide bonds. The summed E-state index contributed by atoms with van der Waals surface area (Å²) in [6.07, 6.45) is 3.94. The van der Waals surface area contributed by atoms with Gasteiger partial charge in [-0.25, -0.2) is 0 Å². The van der Waals surface area contributed by atoms with Crippen molar-refractivity contribution in [1.29, 1.82) is 5.26 Å². The summed E-state index contributed by atoms with van der Waals surface area (Å²) in [5, 5.41) is 11.2. The van der Waals surface area contributed by atoms with Crippen molar-refractivity contribution in [3.05, 3.63) is 22.4 Å². The third kappa shape index (κ3) is 2.80. The fraction of sp³-hybridized carbons (Fsp3) is 0.583. The second kappa shape index (κ2) is 5.29. The molecule has 80 valence electrons. The van der Waals surface area contributed by atoms with Crippen molar-refractivity contribution in [2.45, 2.75) is 25.2 Å². The minimum atomic E-state index is 0.0723. The maximum absolute atomic E-state index is 9.16. The molecule has 1 aromatic rings. The first-order valence-electron chi connectivity index (χ1n) is 5.55. The zero-order chi connectivity index (χ0) is 10.5. The third-order valence-electron chi connectivity index (χ3n) is 2.93. The van der Waals surface area contributed by atoms with Crippen LogP contribution >= 0.6 is 11.3 Å². The highest BCUT2D eigenvalue weighted by Gasteiger charge is 2.17. The van der Waals surface area contributed by atoms with Crippen molar-refractivity contribution in [3.63, 3.8) is 0 Å². The lowest BCUT2D eigenvalue weighted by molar-refractivity contribution is 0.225. The first kappa shape index (κ1) is 10.7. The smallest absolute Gasteiger partial charge is 0.0932 e. The summed E-state index contributed by atoms with van der Waals surface area (Å²) in [6, 6.07) is 6.52. The number of thiophene rings is 1. The molecule has 0 radical (unpaired) electrons. The molecule has 15 heavy (non-hydrogen) atoms. The fourth-order valence-electron chi connectivity index (χ4n) is 2.08. The highest BCUT2D eigenvalue weighted by atomic mass is 32.1. The van der Waals surface area contributed by atoms with Crippen LogP contribution in [0.1, 0.15) is 30.1 Å². The molecule has 1 aliphatic rings. The van der Waals surface area contributed by atoms with Gasteiger partial charge in [-0.15, -0.1) is 11.3 Å². The van der Waals surface area contributed by atoms with E-state index in [-0.39, 0.29) is 5.92 Å². The predicted molar refractivity (Wildman–Crippen MR) is 63.0 cm³/mol. The van der Waals surface area contributed by atoms with Gasteiger partial charge >= 0.3 is 0 Å². The Morgan fingerprint density at radius 3 is 2.80 bits per heavy atom. The number of rotatable bonds is 3. The van der Waals surface area contributed by atoms with Gasteiger partial charge in [-0.3, -0.25) is 0 Å². The van der Waals surface area contributed by atoms with Crippen LogP contribution in [0.25, 0.3) is 0 Å². The van der Waals surface area contributed by atoms with Gasteiger partial charge in [-0.1, -0.05) is 12.5 Å². The highest BCUT2D eigenvalue weighted by Crippen LogP contribution is 2.22. The summed E-state index contributed by atoms with van der Waals surface area (Å²) in [4.78, 5) is 3.64. The summed E-state index contributed by atoms with van der Waals surface area (Å²) >= 11 is 1.70. The van der Waals surface area contributed by atoms with Crippen LogP contribution in [-0.4, -0.2) is 24.5 Å². The standard InChI is InChI=1S/C12H16N2S/c13-9-11(12-5-4-8-15-12)10-14-6-2-1-3-7-14/h4-5,8,11H,1-3,6-7,10H2. The largest absolute Gasteiger partial charge is 0.302 e. The number of hydrogen-bond acceptors (Lipinski definition) is 3. The Morgan fingerprint density at radius 1 is 1.40 bits per heavy atom. The van der Waals surface area contributed by atoms with Crippen LogP contribution in [0.15, 0.2) is 17.5 Å². The van der Waals surface area contributed by atoms with Gasteiger partial charge in [0.25, 0.3) is 0 Å². The third-order valence-corrected chi connectivity index (χ3v) is 3.92.